The summed E-state index contributed by atoms with van der Waals surface area (Å²) in [5, 5.41) is 12.9. The van der Waals surface area contributed by atoms with Crippen LogP contribution in [-0.4, -0.2) is 68.8 Å². The minimum absolute atomic E-state index is 0.0464. The van der Waals surface area contributed by atoms with E-state index in [4.69, 9.17) is 19.9 Å². The van der Waals surface area contributed by atoms with Gasteiger partial charge in [-0.15, -0.1) is 0 Å². The number of hydrogen-bond donors (Lipinski definition) is 3. The van der Waals surface area contributed by atoms with Gasteiger partial charge in [0.05, 0.1) is 30.4 Å². The number of nitrogen functional groups attached to an aromatic ring is 1. The van der Waals surface area contributed by atoms with Gasteiger partial charge in [0, 0.05) is 13.0 Å². The molecule has 12 nitrogen and oxygen atoms in total. The topological polar surface area (TPSA) is 164 Å². The van der Waals surface area contributed by atoms with Gasteiger partial charge in [-0.25, -0.2) is 9.37 Å². The molecule has 3 rings (SSSR count). The van der Waals surface area contributed by atoms with Crippen molar-refractivity contribution in [3.05, 3.63) is 6.33 Å². The van der Waals surface area contributed by atoms with Crippen LogP contribution in [0.2, 0.25) is 0 Å². The number of nitrogens with two attached hydrogens (primary N) is 1. The van der Waals surface area contributed by atoms with E-state index in [1.54, 1.807) is 41.7 Å². The number of alkyl halides is 1. The number of ether oxygens (including phenoxy) is 3. The fourth-order valence-electron chi connectivity index (χ4n) is 4.58. The first-order chi connectivity index (χ1) is 16.7. The molecule has 0 amide bonds. The highest BCUT2D eigenvalue weighted by Gasteiger charge is 2.60. The number of hydrogen-bond acceptors (Lipinski definition) is 10. The smallest absolute Gasteiger partial charge is 0.313 e. The van der Waals surface area contributed by atoms with Gasteiger partial charge in [-0.2, -0.15) is 9.97 Å². The molecule has 0 aliphatic carbocycles. The van der Waals surface area contributed by atoms with Crippen molar-refractivity contribution in [3.63, 3.8) is 0 Å². The Morgan fingerprint density at radius 3 is 2.58 bits per heavy atom. The summed E-state index contributed by atoms with van der Waals surface area (Å²) in [6.45, 7) is 9.27. The van der Waals surface area contributed by atoms with Crippen LogP contribution in [0.5, 0.6) is 0 Å². The van der Waals surface area contributed by atoms with Crippen molar-refractivity contribution in [2.45, 2.75) is 59.5 Å². The molecule has 1 aliphatic rings. The molecule has 3 heterocycles. The number of carbonyl (C=O) groups is 2. The van der Waals surface area contributed by atoms with Gasteiger partial charge in [-0.05, 0) is 33.6 Å². The van der Waals surface area contributed by atoms with Crippen LogP contribution < -0.4 is 11.1 Å². The zero-order valence-corrected chi connectivity index (χ0v) is 21.6. The number of halogens is 1. The number of carboxylic acids is 1. The largest absolute Gasteiger partial charge is 0.481 e. The zero-order valence-electron chi connectivity index (χ0n) is 21.6. The van der Waals surface area contributed by atoms with Crippen LogP contribution in [0.25, 0.3) is 11.2 Å². The van der Waals surface area contributed by atoms with Crippen molar-refractivity contribution >= 4 is 34.9 Å². The molecular weight excluding hydrogens is 475 g/mol. The summed E-state index contributed by atoms with van der Waals surface area (Å²) in [5.74, 6) is -3.89. The molecule has 0 aromatic carbocycles. The van der Waals surface area contributed by atoms with E-state index in [1.807, 2.05) is 0 Å². The van der Waals surface area contributed by atoms with Crippen LogP contribution in [0, 0.1) is 23.2 Å². The Balaban J connectivity index is 1.95. The Bertz CT molecular complexity index is 1110. The van der Waals surface area contributed by atoms with E-state index in [9.17, 15) is 14.7 Å². The zero-order chi connectivity index (χ0) is 27.0. The summed E-state index contributed by atoms with van der Waals surface area (Å²) in [4.78, 5) is 36.8. The van der Waals surface area contributed by atoms with Gasteiger partial charge in [-0.3, -0.25) is 14.2 Å². The van der Waals surface area contributed by atoms with Gasteiger partial charge < -0.3 is 30.4 Å². The molecule has 2 aromatic heterocycles. The molecule has 0 spiro atoms. The lowest BCUT2D eigenvalue weighted by molar-refractivity contribution is -0.170. The average Bonchev–Trinajstić information content (AvgIpc) is 3.28. The lowest BCUT2D eigenvalue weighted by atomic mass is 9.73. The van der Waals surface area contributed by atoms with Crippen molar-refractivity contribution in [2.75, 3.05) is 31.5 Å². The molecule has 2 aromatic rings. The Labute approximate surface area is 208 Å². The highest BCUT2D eigenvalue weighted by Crippen LogP contribution is 2.51. The summed E-state index contributed by atoms with van der Waals surface area (Å²) >= 11 is 0. The summed E-state index contributed by atoms with van der Waals surface area (Å²) in [6, 6.07) is 0. The maximum atomic E-state index is 16.7. The first kappa shape index (κ1) is 27.5. The number of esters is 1. The Kier molecular flexibility index (Phi) is 7.75. The second-order valence-electron chi connectivity index (χ2n) is 10.5. The lowest BCUT2D eigenvalue weighted by Crippen LogP contribution is -2.45. The van der Waals surface area contributed by atoms with Gasteiger partial charge in [0.25, 0.3) is 0 Å². The van der Waals surface area contributed by atoms with Crippen LogP contribution in [-0.2, 0) is 23.8 Å². The normalized spacial score (nSPS) is 25.3. The molecule has 0 saturated carbocycles. The van der Waals surface area contributed by atoms with E-state index in [-0.39, 0.29) is 25.0 Å². The highest BCUT2D eigenvalue weighted by molar-refractivity contribution is 5.84. The fourth-order valence-corrected chi connectivity index (χ4v) is 4.58. The molecule has 36 heavy (non-hydrogen) atoms. The standard InChI is InChI=1S/C23H35FN6O6/c1-11(2)13(18(31)32)14-12(8-34-10-35-20(33)22(3,4)5)36-19(23(14,6)24)30-9-27-15-16(26-7)28-21(25)29-17(15)30/h9,11-14,19H,8,10H2,1-7H3,(H,31,32)(H3,25,26,28,29)/t12?,13?,14-,19+,23+/m0/s1. The Morgan fingerprint density at radius 1 is 1.36 bits per heavy atom. The molecule has 4 N–H and O–H groups in total. The average molecular weight is 511 g/mol. The number of anilines is 2. The van der Waals surface area contributed by atoms with Crippen LogP contribution in [0.4, 0.5) is 16.2 Å². The third-order valence-corrected chi connectivity index (χ3v) is 6.33. The van der Waals surface area contributed by atoms with Gasteiger partial charge >= 0.3 is 11.9 Å². The maximum absolute atomic E-state index is 16.7. The molecule has 200 valence electrons. The SMILES string of the molecule is CNc1nc(N)nc2c1ncn2[C@@H]1OC(COCOC(=O)C(C)(C)C)[C@@H](C(C(=O)O)C(C)C)[C@@]1(C)F. The number of carbonyl (C=O) groups excluding carboxylic acids is 1. The first-order valence-corrected chi connectivity index (χ1v) is 11.7. The van der Waals surface area contributed by atoms with Gasteiger partial charge in [-0.1, -0.05) is 13.8 Å². The van der Waals surface area contributed by atoms with Crippen molar-refractivity contribution in [2.24, 2.45) is 23.2 Å². The number of aliphatic carboxylic acids is 1. The number of rotatable bonds is 9. The van der Waals surface area contributed by atoms with E-state index in [0.717, 1.165) is 0 Å². The quantitative estimate of drug-likeness (QED) is 0.258. The van der Waals surface area contributed by atoms with Gasteiger partial charge in [0.2, 0.25) is 5.95 Å². The van der Waals surface area contributed by atoms with Gasteiger partial charge in [0.15, 0.2) is 35.7 Å². The maximum Gasteiger partial charge on any atom is 0.313 e. The van der Waals surface area contributed by atoms with Gasteiger partial charge in [0.1, 0.15) is 0 Å². The predicted octanol–water partition coefficient (Wildman–Crippen LogP) is 2.61. The van der Waals surface area contributed by atoms with Crippen LogP contribution in [0.15, 0.2) is 6.33 Å². The third-order valence-electron chi connectivity index (χ3n) is 6.33. The second kappa shape index (κ2) is 10.1. The molecule has 0 radical (unpaired) electrons. The number of carboxylic acid groups (broad SMARTS) is 1. The monoisotopic (exact) mass is 510 g/mol. The van der Waals surface area contributed by atoms with E-state index in [1.165, 1.54) is 17.8 Å². The Hall–Kier alpha value is -3.06. The molecule has 1 saturated heterocycles. The minimum atomic E-state index is -2.17. The fraction of sp³-hybridized carbons (Fsp3) is 0.696. The molecule has 1 fully saturated rings. The van der Waals surface area contributed by atoms with Crippen molar-refractivity contribution in [1.29, 1.82) is 0 Å². The van der Waals surface area contributed by atoms with Crippen LogP contribution in [0.3, 0.4) is 0 Å². The van der Waals surface area contributed by atoms with Crippen molar-refractivity contribution in [1.82, 2.24) is 19.5 Å². The first-order valence-electron chi connectivity index (χ1n) is 11.7. The summed E-state index contributed by atoms with van der Waals surface area (Å²) in [5.41, 5.74) is 3.54. The van der Waals surface area contributed by atoms with E-state index < -0.39 is 53.1 Å². The number of imidazole rings is 1. The van der Waals surface area contributed by atoms with Crippen LogP contribution in [0.1, 0.15) is 47.8 Å². The Morgan fingerprint density at radius 2 is 2.03 bits per heavy atom. The molecule has 0 bridgehead atoms. The highest BCUT2D eigenvalue weighted by atomic mass is 19.1. The summed E-state index contributed by atoms with van der Waals surface area (Å²) in [6.07, 6.45) is -0.890. The van der Waals surface area contributed by atoms with E-state index >= 15 is 4.39 Å². The molecular formula is C23H35FN6O6. The third kappa shape index (κ3) is 5.21. The molecule has 5 atom stereocenters. The molecule has 2 unspecified atom stereocenters. The number of nitrogens with one attached hydrogen (secondary N) is 1. The van der Waals surface area contributed by atoms with Crippen molar-refractivity contribution < 1.29 is 33.3 Å². The number of aromatic nitrogens is 4. The van der Waals surface area contributed by atoms with Crippen LogP contribution >= 0.6 is 0 Å². The molecule has 1 aliphatic heterocycles. The summed E-state index contributed by atoms with van der Waals surface area (Å²) in [7, 11) is 1.64. The summed E-state index contributed by atoms with van der Waals surface area (Å²) < 4.78 is 34.8. The number of nitrogens with zero attached hydrogens (tertiary/aromatic N) is 4. The predicted molar refractivity (Wildman–Crippen MR) is 129 cm³/mol. The minimum Gasteiger partial charge on any atom is -0.481 e. The second-order valence-corrected chi connectivity index (χ2v) is 10.5. The van der Waals surface area contributed by atoms with E-state index in [0.29, 0.717) is 11.3 Å². The molecule has 13 heteroatoms. The van der Waals surface area contributed by atoms with Crippen molar-refractivity contribution in [3.8, 4) is 0 Å². The number of fused-ring (bicyclic) bond motifs is 1. The lowest BCUT2D eigenvalue weighted by Gasteiger charge is -2.33. The van der Waals surface area contributed by atoms with E-state index in [2.05, 4.69) is 20.3 Å².